The maximum Gasteiger partial charge on any atom is 0.317 e. The molecule has 1 atom stereocenters. The lowest BCUT2D eigenvalue weighted by Gasteiger charge is -2.29. The van der Waals surface area contributed by atoms with Gasteiger partial charge in [-0.2, -0.15) is 0 Å². The fraction of sp³-hybridized carbons (Fsp3) is 0.381. The molecule has 28 heavy (non-hydrogen) atoms. The van der Waals surface area contributed by atoms with Crippen molar-refractivity contribution in [2.75, 3.05) is 24.5 Å². The largest absolute Gasteiger partial charge is 0.481 e. The van der Waals surface area contributed by atoms with Crippen molar-refractivity contribution >= 4 is 17.8 Å². The molecule has 1 aromatic heterocycles. The van der Waals surface area contributed by atoms with Crippen LogP contribution in [0.1, 0.15) is 23.1 Å². The average molecular weight is 380 g/mol. The van der Waals surface area contributed by atoms with Crippen molar-refractivity contribution in [1.29, 1.82) is 0 Å². The number of fused-ring (bicyclic) bond motifs is 1. The van der Waals surface area contributed by atoms with Crippen LogP contribution in [0.2, 0.25) is 0 Å². The molecule has 3 heterocycles. The SMILES string of the molecule is O=C(O)C1CCN(C(=O)NCc2ccc(N3CCc4ccccc4C3)nc2)C1. The third-order valence-electron chi connectivity index (χ3n) is 5.53. The number of urea groups is 1. The van der Waals surface area contributed by atoms with Crippen LogP contribution in [-0.2, 0) is 24.3 Å². The summed E-state index contributed by atoms with van der Waals surface area (Å²) < 4.78 is 0. The van der Waals surface area contributed by atoms with Crippen molar-refractivity contribution in [3.8, 4) is 0 Å². The molecule has 146 valence electrons. The van der Waals surface area contributed by atoms with E-state index in [2.05, 4.69) is 39.5 Å². The predicted octanol–water partition coefficient (Wildman–Crippen LogP) is 2.26. The summed E-state index contributed by atoms with van der Waals surface area (Å²) in [4.78, 5) is 31.6. The van der Waals surface area contributed by atoms with Gasteiger partial charge in [0.15, 0.2) is 0 Å². The van der Waals surface area contributed by atoms with Crippen LogP contribution in [0, 0.1) is 5.92 Å². The Kier molecular flexibility index (Phi) is 5.14. The summed E-state index contributed by atoms with van der Waals surface area (Å²) in [6.07, 6.45) is 3.32. The average Bonchev–Trinajstić information content (AvgIpc) is 3.23. The fourth-order valence-electron chi connectivity index (χ4n) is 3.84. The molecule has 7 nitrogen and oxygen atoms in total. The molecule has 1 aromatic carbocycles. The number of benzene rings is 1. The number of nitrogens with one attached hydrogen (secondary N) is 1. The fourth-order valence-corrected chi connectivity index (χ4v) is 3.84. The molecule has 1 unspecified atom stereocenters. The molecule has 2 aliphatic rings. The van der Waals surface area contributed by atoms with Gasteiger partial charge in [0, 0.05) is 38.9 Å². The zero-order chi connectivity index (χ0) is 19.5. The quantitative estimate of drug-likeness (QED) is 0.850. The highest BCUT2D eigenvalue weighted by Gasteiger charge is 2.30. The standard InChI is InChI=1S/C21H24N4O3/c26-20(27)18-8-10-25(14-18)21(28)23-12-15-5-6-19(22-11-15)24-9-7-16-3-1-2-4-17(16)13-24/h1-6,11,18H,7-10,12-14H2,(H,23,28)(H,26,27). The first-order valence-corrected chi connectivity index (χ1v) is 9.62. The van der Waals surface area contributed by atoms with Gasteiger partial charge in [0.05, 0.1) is 5.92 Å². The van der Waals surface area contributed by atoms with Crippen molar-refractivity contribution in [3.05, 3.63) is 59.3 Å². The molecule has 0 bridgehead atoms. The first kappa shape index (κ1) is 18.3. The monoisotopic (exact) mass is 380 g/mol. The van der Waals surface area contributed by atoms with Gasteiger partial charge < -0.3 is 20.2 Å². The number of carboxylic acid groups (broad SMARTS) is 1. The molecule has 0 aliphatic carbocycles. The van der Waals surface area contributed by atoms with Crippen LogP contribution >= 0.6 is 0 Å². The Morgan fingerprint density at radius 1 is 1.14 bits per heavy atom. The molecule has 1 fully saturated rings. The molecule has 0 spiro atoms. The van der Waals surface area contributed by atoms with E-state index in [4.69, 9.17) is 5.11 Å². The number of carbonyl (C=O) groups excluding carboxylic acids is 1. The Morgan fingerprint density at radius 3 is 2.68 bits per heavy atom. The molecular formula is C21H24N4O3. The van der Waals surface area contributed by atoms with Crippen LogP contribution in [0.25, 0.3) is 0 Å². The van der Waals surface area contributed by atoms with Crippen molar-refractivity contribution in [1.82, 2.24) is 15.2 Å². The topological polar surface area (TPSA) is 85.8 Å². The summed E-state index contributed by atoms with van der Waals surface area (Å²) in [6, 6.07) is 12.3. The number of likely N-dealkylation sites (tertiary alicyclic amines) is 1. The number of carboxylic acids is 1. The number of amides is 2. The molecule has 2 aromatic rings. The second-order valence-electron chi connectivity index (χ2n) is 7.39. The molecule has 4 rings (SSSR count). The summed E-state index contributed by atoms with van der Waals surface area (Å²) in [6.45, 7) is 2.94. The highest BCUT2D eigenvalue weighted by molar-refractivity contribution is 5.77. The van der Waals surface area contributed by atoms with Gasteiger partial charge in [-0.3, -0.25) is 4.79 Å². The number of hydrogen-bond donors (Lipinski definition) is 2. The van der Waals surface area contributed by atoms with Crippen molar-refractivity contribution in [2.45, 2.75) is 25.9 Å². The smallest absolute Gasteiger partial charge is 0.317 e. The third-order valence-corrected chi connectivity index (χ3v) is 5.53. The van der Waals surface area contributed by atoms with E-state index in [1.807, 2.05) is 12.1 Å². The lowest BCUT2D eigenvalue weighted by molar-refractivity contribution is -0.141. The first-order valence-electron chi connectivity index (χ1n) is 9.62. The maximum atomic E-state index is 12.2. The number of aliphatic carboxylic acids is 1. The number of anilines is 1. The van der Waals surface area contributed by atoms with Crippen molar-refractivity contribution < 1.29 is 14.7 Å². The van der Waals surface area contributed by atoms with Gasteiger partial charge in [-0.05, 0) is 35.6 Å². The van der Waals surface area contributed by atoms with Gasteiger partial charge in [-0.1, -0.05) is 30.3 Å². The maximum absolute atomic E-state index is 12.2. The predicted molar refractivity (Wildman–Crippen MR) is 105 cm³/mol. The molecule has 2 N–H and O–H groups in total. The van der Waals surface area contributed by atoms with E-state index < -0.39 is 11.9 Å². The van der Waals surface area contributed by atoms with Gasteiger partial charge in [-0.15, -0.1) is 0 Å². The lowest BCUT2D eigenvalue weighted by Crippen LogP contribution is -2.38. The Labute approximate surface area is 164 Å². The van der Waals surface area contributed by atoms with Crippen LogP contribution in [-0.4, -0.2) is 46.6 Å². The number of carbonyl (C=O) groups is 2. The number of aromatic nitrogens is 1. The van der Waals surface area contributed by atoms with E-state index >= 15 is 0 Å². The molecule has 2 aliphatic heterocycles. The highest BCUT2D eigenvalue weighted by atomic mass is 16.4. The van der Waals surface area contributed by atoms with Crippen LogP contribution in [0.4, 0.5) is 10.6 Å². The van der Waals surface area contributed by atoms with Crippen molar-refractivity contribution in [2.24, 2.45) is 5.92 Å². The minimum Gasteiger partial charge on any atom is -0.481 e. The second kappa shape index (κ2) is 7.88. The molecule has 0 radical (unpaired) electrons. The number of nitrogens with zero attached hydrogens (tertiary/aromatic N) is 3. The Bertz CT molecular complexity index is 868. The normalized spacial score (nSPS) is 18.6. The van der Waals surface area contributed by atoms with Gasteiger partial charge in [0.1, 0.15) is 5.82 Å². The summed E-state index contributed by atoms with van der Waals surface area (Å²) >= 11 is 0. The minimum absolute atomic E-state index is 0.222. The van der Waals surface area contributed by atoms with Crippen LogP contribution < -0.4 is 10.2 Å². The first-order chi connectivity index (χ1) is 13.6. The van der Waals surface area contributed by atoms with E-state index in [0.717, 1.165) is 30.9 Å². The zero-order valence-electron chi connectivity index (χ0n) is 15.7. The second-order valence-corrected chi connectivity index (χ2v) is 7.39. The molecule has 0 saturated carbocycles. The number of hydrogen-bond acceptors (Lipinski definition) is 4. The van der Waals surface area contributed by atoms with Gasteiger partial charge in [0.25, 0.3) is 0 Å². The van der Waals surface area contributed by atoms with Gasteiger partial charge in [0.2, 0.25) is 0 Å². The molecule has 2 amide bonds. The molecular weight excluding hydrogens is 356 g/mol. The van der Waals surface area contributed by atoms with Gasteiger partial charge >= 0.3 is 12.0 Å². The zero-order valence-corrected chi connectivity index (χ0v) is 15.7. The van der Waals surface area contributed by atoms with Crippen LogP contribution in [0.5, 0.6) is 0 Å². The Hall–Kier alpha value is -3.09. The van der Waals surface area contributed by atoms with E-state index in [9.17, 15) is 9.59 Å². The Morgan fingerprint density at radius 2 is 1.96 bits per heavy atom. The summed E-state index contributed by atoms with van der Waals surface area (Å²) in [7, 11) is 0. The van der Waals surface area contributed by atoms with Crippen LogP contribution in [0.15, 0.2) is 42.6 Å². The lowest BCUT2D eigenvalue weighted by atomic mass is 10.00. The number of pyridine rings is 1. The van der Waals surface area contributed by atoms with E-state index in [-0.39, 0.29) is 12.6 Å². The van der Waals surface area contributed by atoms with E-state index in [0.29, 0.717) is 19.5 Å². The van der Waals surface area contributed by atoms with E-state index in [1.54, 1.807) is 11.1 Å². The minimum atomic E-state index is -0.838. The van der Waals surface area contributed by atoms with E-state index in [1.165, 1.54) is 11.1 Å². The molecule has 7 heteroatoms. The summed E-state index contributed by atoms with van der Waals surface area (Å²) in [5, 5.41) is 11.9. The third kappa shape index (κ3) is 3.93. The molecule has 1 saturated heterocycles. The van der Waals surface area contributed by atoms with Crippen molar-refractivity contribution in [3.63, 3.8) is 0 Å². The highest BCUT2D eigenvalue weighted by Crippen LogP contribution is 2.23. The summed E-state index contributed by atoms with van der Waals surface area (Å²) in [5.74, 6) is -0.356. The number of rotatable bonds is 4. The summed E-state index contributed by atoms with van der Waals surface area (Å²) in [5.41, 5.74) is 3.67. The Balaban J connectivity index is 1.31. The van der Waals surface area contributed by atoms with Crippen LogP contribution in [0.3, 0.4) is 0 Å². The van der Waals surface area contributed by atoms with Gasteiger partial charge in [-0.25, -0.2) is 9.78 Å².